The summed E-state index contributed by atoms with van der Waals surface area (Å²) in [4.78, 5) is 32.2. The number of imidazole rings is 1. The number of H-pyrrole nitrogens is 1. The van der Waals surface area contributed by atoms with Gasteiger partial charge in [0.25, 0.3) is 0 Å². The highest BCUT2D eigenvalue weighted by atomic mass is 16.5. The van der Waals surface area contributed by atoms with E-state index in [-0.39, 0.29) is 25.2 Å². The number of aromatic amines is 1. The van der Waals surface area contributed by atoms with Crippen molar-refractivity contribution in [3.8, 4) is 0 Å². The molecule has 0 aromatic carbocycles. The molecule has 0 saturated carbocycles. The van der Waals surface area contributed by atoms with Crippen LogP contribution in [0.2, 0.25) is 0 Å². The van der Waals surface area contributed by atoms with E-state index in [0.29, 0.717) is 11.8 Å². The number of hydrogen-bond donors (Lipinski definition) is 3. The molecule has 0 radical (unpaired) electrons. The average Bonchev–Trinajstić information content (AvgIpc) is 3.08. The predicted molar refractivity (Wildman–Crippen MR) is 84.1 cm³/mol. The van der Waals surface area contributed by atoms with E-state index in [4.69, 9.17) is 10.5 Å². The Labute approximate surface area is 135 Å². The maximum Gasteiger partial charge on any atom is 0.246 e. The third-order valence-corrected chi connectivity index (χ3v) is 4.05. The van der Waals surface area contributed by atoms with Gasteiger partial charge in [0.1, 0.15) is 19.0 Å². The zero-order valence-electron chi connectivity index (χ0n) is 13.6. The molecule has 4 N–H and O–H groups in total. The number of aromatic nitrogens is 2. The van der Waals surface area contributed by atoms with E-state index in [1.807, 2.05) is 0 Å². The average molecular weight is 323 g/mol. The topological polar surface area (TPSA) is 113 Å². The number of hydrogen-bond acceptors (Lipinski definition) is 5. The molecule has 1 aliphatic heterocycles. The largest absolute Gasteiger partial charge is 0.368 e. The molecule has 2 atom stereocenters. The quantitative estimate of drug-likeness (QED) is 0.596. The number of primary amides is 1. The van der Waals surface area contributed by atoms with Crippen molar-refractivity contribution in [2.75, 3.05) is 26.3 Å². The van der Waals surface area contributed by atoms with Gasteiger partial charge in [0.05, 0.1) is 6.54 Å². The maximum atomic E-state index is 11.9. The number of ether oxygens (including phenoxy) is 1. The van der Waals surface area contributed by atoms with Crippen molar-refractivity contribution in [2.45, 2.75) is 26.4 Å². The molecule has 8 nitrogen and oxygen atoms in total. The Bertz CT molecular complexity index is 517. The summed E-state index contributed by atoms with van der Waals surface area (Å²) in [5.41, 5.74) is 4.98. The molecule has 128 valence electrons. The number of carbonyl (C=O) groups excluding carboxylic acids is 2. The Balaban J connectivity index is 1.85. The number of likely N-dealkylation sites (tertiary alicyclic amines) is 1. The minimum Gasteiger partial charge on any atom is -0.368 e. The van der Waals surface area contributed by atoms with Gasteiger partial charge in [0.15, 0.2) is 0 Å². The van der Waals surface area contributed by atoms with Crippen molar-refractivity contribution in [1.29, 1.82) is 0 Å². The third kappa shape index (κ3) is 5.33. The van der Waals surface area contributed by atoms with Crippen molar-refractivity contribution in [3.63, 3.8) is 0 Å². The van der Waals surface area contributed by atoms with Gasteiger partial charge in [-0.2, -0.15) is 0 Å². The molecule has 2 amide bonds. The first-order valence-electron chi connectivity index (χ1n) is 7.81. The first-order chi connectivity index (χ1) is 11.0. The van der Waals surface area contributed by atoms with E-state index < -0.39 is 5.91 Å². The molecule has 0 bridgehead atoms. The number of nitrogens with zero attached hydrogens (tertiary/aromatic N) is 2. The molecule has 1 aliphatic rings. The standard InChI is InChI=1S/C15H25N5O3/c1-10(2)11-5-20(7-14-17-3-4-18-14)6-12(11)19-15(22)9-23-8-13(16)21/h3-4,10-12H,5-9H2,1-2H3,(H2,16,21)(H,17,18)(H,19,22)/t11-,12+/m1/s1. The Morgan fingerprint density at radius 1 is 1.48 bits per heavy atom. The minimum atomic E-state index is -0.580. The lowest BCUT2D eigenvalue weighted by Gasteiger charge is -2.22. The monoisotopic (exact) mass is 323 g/mol. The summed E-state index contributed by atoms with van der Waals surface area (Å²) < 4.78 is 4.96. The van der Waals surface area contributed by atoms with Crippen molar-refractivity contribution in [3.05, 3.63) is 18.2 Å². The van der Waals surface area contributed by atoms with Crippen LogP contribution in [0.1, 0.15) is 19.7 Å². The lowest BCUT2D eigenvalue weighted by Crippen LogP contribution is -2.43. The molecule has 1 aromatic rings. The Morgan fingerprint density at radius 3 is 2.87 bits per heavy atom. The van der Waals surface area contributed by atoms with Crippen LogP contribution in [0.5, 0.6) is 0 Å². The molecule has 8 heteroatoms. The number of nitrogens with one attached hydrogen (secondary N) is 2. The molecule has 1 aromatic heterocycles. The van der Waals surface area contributed by atoms with Gasteiger partial charge in [-0.1, -0.05) is 13.8 Å². The second-order valence-electron chi connectivity index (χ2n) is 6.27. The number of nitrogens with two attached hydrogens (primary N) is 1. The van der Waals surface area contributed by atoms with E-state index in [0.717, 1.165) is 25.5 Å². The van der Waals surface area contributed by atoms with Crippen LogP contribution in [0.4, 0.5) is 0 Å². The summed E-state index contributed by atoms with van der Waals surface area (Å²) in [7, 11) is 0. The summed E-state index contributed by atoms with van der Waals surface area (Å²) in [6, 6.07) is 0.0645. The number of amides is 2. The van der Waals surface area contributed by atoms with Gasteiger partial charge in [-0.3, -0.25) is 14.5 Å². The van der Waals surface area contributed by atoms with Crippen molar-refractivity contribution in [1.82, 2.24) is 20.2 Å². The zero-order chi connectivity index (χ0) is 16.8. The Morgan fingerprint density at radius 2 is 2.26 bits per heavy atom. The molecule has 2 rings (SSSR count). The second kappa shape index (κ2) is 8.07. The van der Waals surface area contributed by atoms with Crippen LogP contribution in [-0.2, 0) is 20.9 Å². The van der Waals surface area contributed by atoms with Crippen LogP contribution in [0, 0.1) is 11.8 Å². The van der Waals surface area contributed by atoms with Gasteiger partial charge in [-0.15, -0.1) is 0 Å². The van der Waals surface area contributed by atoms with Gasteiger partial charge < -0.3 is 20.8 Å². The van der Waals surface area contributed by atoms with Crippen molar-refractivity contribution in [2.24, 2.45) is 17.6 Å². The van der Waals surface area contributed by atoms with Crippen LogP contribution < -0.4 is 11.1 Å². The lowest BCUT2D eigenvalue weighted by atomic mass is 9.91. The Hall–Kier alpha value is -1.93. The highest BCUT2D eigenvalue weighted by Gasteiger charge is 2.35. The highest BCUT2D eigenvalue weighted by Crippen LogP contribution is 2.25. The molecular formula is C15H25N5O3. The van der Waals surface area contributed by atoms with E-state index in [2.05, 4.69) is 34.0 Å². The van der Waals surface area contributed by atoms with Gasteiger partial charge in [0, 0.05) is 31.5 Å². The van der Waals surface area contributed by atoms with Gasteiger partial charge in [-0.25, -0.2) is 4.98 Å². The summed E-state index contributed by atoms with van der Waals surface area (Å²) in [5.74, 6) is 0.938. The van der Waals surface area contributed by atoms with Crippen LogP contribution >= 0.6 is 0 Å². The fraction of sp³-hybridized carbons (Fsp3) is 0.667. The van der Waals surface area contributed by atoms with Gasteiger partial charge >= 0.3 is 0 Å². The zero-order valence-corrected chi connectivity index (χ0v) is 13.6. The summed E-state index contributed by atoms with van der Waals surface area (Å²) >= 11 is 0. The van der Waals surface area contributed by atoms with Crippen LogP contribution in [0.15, 0.2) is 12.4 Å². The fourth-order valence-electron chi connectivity index (χ4n) is 2.96. The Kier molecular flexibility index (Phi) is 6.12. The van der Waals surface area contributed by atoms with Crippen LogP contribution in [-0.4, -0.2) is 59.0 Å². The molecule has 0 spiro atoms. The molecule has 2 heterocycles. The molecule has 1 saturated heterocycles. The maximum absolute atomic E-state index is 11.9. The van der Waals surface area contributed by atoms with E-state index in [1.54, 1.807) is 12.4 Å². The van der Waals surface area contributed by atoms with Gasteiger partial charge in [0.2, 0.25) is 11.8 Å². The molecular weight excluding hydrogens is 298 g/mol. The van der Waals surface area contributed by atoms with Gasteiger partial charge in [-0.05, 0) is 11.8 Å². The second-order valence-corrected chi connectivity index (χ2v) is 6.27. The van der Waals surface area contributed by atoms with E-state index in [1.165, 1.54) is 0 Å². The van der Waals surface area contributed by atoms with Crippen LogP contribution in [0.3, 0.4) is 0 Å². The van der Waals surface area contributed by atoms with Crippen LogP contribution in [0.25, 0.3) is 0 Å². The first kappa shape index (κ1) is 17.4. The van der Waals surface area contributed by atoms with Crippen molar-refractivity contribution >= 4 is 11.8 Å². The van der Waals surface area contributed by atoms with E-state index in [9.17, 15) is 9.59 Å². The summed E-state index contributed by atoms with van der Waals surface area (Å²) in [6.07, 6.45) is 3.54. The summed E-state index contributed by atoms with van der Waals surface area (Å²) in [6.45, 7) is 6.34. The molecule has 0 unspecified atom stereocenters. The molecule has 0 aliphatic carbocycles. The molecule has 1 fully saturated rings. The highest BCUT2D eigenvalue weighted by molar-refractivity contribution is 5.79. The number of carbonyl (C=O) groups is 2. The normalized spacial score (nSPS) is 21.7. The van der Waals surface area contributed by atoms with E-state index >= 15 is 0 Å². The SMILES string of the molecule is CC(C)[C@H]1CN(Cc2ncc[nH]2)C[C@@H]1NC(=O)COCC(N)=O. The minimum absolute atomic E-state index is 0.0645. The smallest absolute Gasteiger partial charge is 0.246 e. The predicted octanol–water partition coefficient (Wildman–Crippen LogP) is -0.516. The third-order valence-electron chi connectivity index (χ3n) is 4.05. The fourth-order valence-corrected chi connectivity index (χ4v) is 2.96. The lowest BCUT2D eigenvalue weighted by molar-refractivity contribution is -0.130. The first-order valence-corrected chi connectivity index (χ1v) is 7.81. The van der Waals surface area contributed by atoms with Crippen molar-refractivity contribution < 1.29 is 14.3 Å². The molecule has 23 heavy (non-hydrogen) atoms. The summed E-state index contributed by atoms with van der Waals surface area (Å²) in [5, 5.41) is 3.01. The number of rotatable bonds is 8.